The van der Waals surface area contributed by atoms with Gasteiger partial charge in [0.1, 0.15) is 5.75 Å². The Kier molecular flexibility index (Phi) is 6.43. The summed E-state index contributed by atoms with van der Waals surface area (Å²) >= 11 is 0. The number of piperidine rings is 3. The van der Waals surface area contributed by atoms with Crippen LogP contribution in [0.15, 0.2) is 72.8 Å². The Morgan fingerprint density at radius 2 is 1.64 bits per heavy atom. The summed E-state index contributed by atoms with van der Waals surface area (Å²) < 4.78 is 33.7. The van der Waals surface area contributed by atoms with E-state index in [0.29, 0.717) is 12.5 Å². The van der Waals surface area contributed by atoms with E-state index in [1.807, 2.05) is 36.4 Å². The van der Waals surface area contributed by atoms with Crippen LogP contribution in [0.4, 0.5) is 8.78 Å². The van der Waals surface area contributed by atoms with Crippen molar-refractivity contribution in [2.75, 3.05) is 20.2 Å². The molecule has 3 unspecified atom stereocenters. The van der Waals surface area contributed by atoms with Gasteiger partial charge in [-0.1, -0.05) is 54.6 Å². The zero-order valence-electron chi connectivity index (χ0n) is 18.9. The molecule has 0 saturated carbocycles. The normalized spacial score (nSPS) is 25.1. The predicted molar refractivity (Wildman–Crippen MR) is 126 cm³/mol. The molecular formula is C28H30F2N2O. The van der Waals surface area contributed by atoms with E-state index in [1.165, 1.54) is 12.1 Å². The minimum atomic E-state index is -0.804. The quantitative estimate of drug-likeness (QED) is 0.527. The van der Waals surface area contributed by atoms with Crippen LogP contribution < -0.4 is 10.1 Å². The molecule has 6 rings (SSSR count). The van der Waals surface area contributed by atoms with Crippen LogP contribution in [0.2, 0.25) is 0 Å². The molecule has 0 spiro atoms. The minimum absolute atomic E-state index is 0.0560. The van der Waals surface area contributed by atoms with Crippen LogP contribution in [0.3, 0.4) is 0 Å². The lowest BCUT2D eigenvalue weighted by Crippen LogP contribution is -2.64. The highest BCUT2D eigenvalue weighted by Gasteiger charge is 2.46. The Balaban J connectivity index is 1.52. The molecular weight excluding hydrogens is 418 g/mol. The Bertz CT molecular complexity index is 1080. The van der Waals surface area contributed by atoms with Crippen LogP contribution in [0.5, 0.6) is 5.75 Å². The van der Waals surface area contributed by atoms with E-state index in [4.69, 9.17) is 4.74 Å². The molecule has 0 radical (unpaired) electrons. The lowest BCUT2D eigenvalue weighted by molar-refractivity contribution is 0.00457. The summed E-state index contributed by atoms with van der Waals surface area (Å²) in [5, 5.41) is 3.85. The van der Waals surface area contributed by atoms with Crippen molar-refractivity contribution in [3.05, 3.63) is 101 Å². The fraction of sp³-hybridized carbons (Fsp3) is 0.357. The molecule has 3 aromatic carbocycles. The molecule has 0 aromatic heterocycles. The van der Waals surface area contributed by atoms with E-state index in [1.54, 1.807) is 13.2 Å². The van der Waals surface area contributed by atoms with Crippen LogP contribution in [-0.2, 0) is 6.54 Å². The minimum Gasteiger partial charge on any atom is -0.496 e. The van der Waals surface area contributed by atoms with Gasteiger partial charge in [0.2, 0.25) is 0 Å². The molecule has 1 N–H and O–H groups in total. The maximum Gasteiger partial charge on any atom is 0.159 e. The molecule has 0 aliphatic carbocycles. The Labute approximate surface area is 194 Å². The fourth-order valence-electron chi connectivity index (χ4n) is 5.82. The first-order valence-corrected chi connectivity index (χ1v) is 11.7. The molecule has 3 aromatic rings. The molecule has 3 aliphatic heterocycles. The second kappa shape index (κ2) is 9.62. The van der Waals surface area contributed by atoms with Crippen LogP contribution in [0.1, 0.15) is 35.4 Å². The number of fused-ring (bicyclic) bond motifs is 3. The first-order chi connectivity index (χ1) is 16.2. The van der Waals surface area contributed by atoms with Crippen molar-refractivity contribution in [2.24, 2.45) is 5.92 Å². The lowest BCUT2D eigenvalue weighted by atomic mass is 9.70. The topological polar surface area (TPSA) is 24.5 Å². The van der Waals surface area contributed by atoms with Crippen molar-refractivity contribution in [1.29, 1.82) is 0 Å². The van der Waals surface area contributed by atoms with Gasteiger partial charge < -0.3 is 10.1 Å². The summed E-state index contributed by atoms with van der Waals surface area (Å²) in [6, 6.07) is 23.1. The number of ether oxygens (including phenoxy) is 1. The standard InChI is InChI=1S/C28H30F2N2O/c1-33-25-10-6-5-9-22(25)18-31-27-20-13-15-32(16-14-20)28(27)26(19-7-3-2-4-8-19)21-11-12-23(29)24(30)17-21/h2-12,17,20,26-28,31H,13-16,18H2,1H3. The summed E-state index contributed by atoms with van der Waals surface area (Å²) in [7, 11) is 1.70. The highest BCUT2D eigenvalue weighted by molar-refractivity contribution is 5.37. The zero-order valence-corrected chi connectivity index (χ0v) is 18.9. The third kappa shape index (κ3) is 4.40. The highest BCUT2D eigenvalue weighted by Crippen LogP contribution is 2.42. The van der Waals surface area contributed by atoms with E-state index in [0.717, 1.165) is 48.4 Å². The van der Waals surface area contributed by atoms with Gasteiger partial charge in [-0.3, -0.25) is 4.90 Å². The fourth-order valence-corrected chi connectivity index (χ4v) is 5.82. The van der Waals surface area contributed by atoms with Gasteiger partial charge >= 0.3 is 0 Å². The number of halogens is 2. The highest BCUT2D eigenvalue weighted by atomic mass is 19.2. The molecule has 3 saturated heterocycles. The van der Waals surface area contributed by atoms with Crippen LogP contribution in [-0.4, -0.2) is 37.2 Å². The monoisotopic (exact) mass is 448 g/mol. The summed E-state index contributed by atoms with van der Waals surface area (Å²) in [5.74, 6) is -0.223. The van der Waals surface area contributed by atoms with Gasteiger partial charge in [0, 0.05) is 30.1 Å². The smallest absolute Gasteiger partial charge is 0.159 e. The van der Waals surface area contributed by atoms with E-state index < -0.39 is 11.6 Å². The molecule has 3 aliphatic rings. The number of hydrogen-bond donors (Lipinski definition) is 1. The Morgan fingerprint density at radius 3 is 2.36 bits per heavy atom. The summed E-state index contributed by atoms with van der Waals surface area (Å²) in [5.41, 5.74) is 3.08. The Morgan fingerprint density at radius 1 is 0.909 bits per heavy atom. The summed E-state index contributed by atoms with van der Waals surface area (Å²) in [6.45, 7) is 2.78. The first-order valence-electron chi connectivity index (χ1n) is 11.7. The largest absolute Gasteiger partial charge is 0.496 e. The number of hydrogen-bond acceptors (Lipinski definition) is 3. The van der Waals surface area contributed by atoms with Crippen LogP contribution in [0.25, 0.3) is 0 Å². The average molecular weight is 449 g/mol. The second-order valence-electron chi connectivity index (χ2n) is 9.14. The SMILES string of the molecule is COc1ccccc1CNC1C2CCN(CC2)C1C(c1ccccc1)c1ccc(F)c(F)c1. The molecule has 3 atom stereocenters. The number of methoxy groups -OCH3 is 1. The number of rotatable bonds is 7. The molecule has 3 nitrogen and oxygen atoms in total. The lowest BCUT2D eigenvalue weighted by Gasteiger charge is -2.54. The zero-order chi connectivity index (χ0) is 22.8. The van der Waals surface area contributed by atoms with Crippen molar-refractivity contribution in [3.8, 4) is 5.75 Å². The van der Waals surface area contributed by atoms with Gasteiger partial charge in [-0.05, 0) is 61.2 Å². The first kappa shape index (κ1) is 22.1. The summed E-state index contributed by atoms with van der Waals surface area (Å²) in [4.78, 5) is 2.54. The van der Waals surface area contributed by atoms with Gasteiger partial charge in [0.05, 0.1) is 7.11 Å². The van der Waals surface area contributed by atoms with Gasteiger partial charge in [0.15, 0.2) is 11.6 Å². The van der Waals surface area contributed by atoms with Crippen molar-refractivity contribution < 1.29 is 13.5 Å². The van der Waals surface area contributed by atoms with Crippen molar-refractivity contribution >= 4 is 0 Å². The van der Waals surface area contributed by atoms with Gasteiger partial charge in [-0.2, -0.15) is 0 Å². The van der Waals surface area contributed by atoms with Crippen molar-refractivity contribution in [3.63, 3.8) is 0 Å². The molecule has 3 fully saturated rings. The number of nitrogens with one attached hydrogen (secondary N) is 1. The average Bonchev–Trinajstić information content (AvgIpc) is 2.87. The number of para-hydroxylation sites is 1. The van der Waals surface area contributed by atoms with E-state index >= 15 is 0 Å². The molecule has 172 valence electrons. The van der Waals surface area contributed by atoms with E-state index in [-0.39, 0.29) is 18.0 Å². The predicted octanol–water partition coefficient (Wildman–Crippen LogP) is 5.36. The van der Waals surface area contributed by atoms with Crippen molar-refractivity contribution in [1.82, 2.24) is 10.2 Å². The molecule has 0 amide bonds. The molecule has 33 heavy (non-hydrogen) atoms. The third-order valence-electron chi connectivity index (χ3n) is 7.40. The van der Waals surface area contributed by atoms with Crippen LogP contribution >= 0.6 is 0 Å². The van der Waals surface area contributed by atoms with Crippen LogP contribution in [0, 0.1) is 17.6 Å². The van der Waals surface area contributed by atoms with Gasteiger partial charge in [-0.15, -0.1) is 0 Å². The maximum atomic E-state index is 14.3. The van der Waals surface area contributed by atoms with Gasteiger partial charge in [0.25, 0.3) is 0 Å². The number of benzene rings is 3. The molecule has 2 bridgehead atoms. The Hall–Kier alpha value is -2.76. The van der Waals surface area contributed by atoms with Crippen molar-refractivity contribution in [2.45, 2.75) is 37.4 Å². The summed E-state index contributed by atoms with van der Waals surface area (Å²) in [6.07, 6.45) is 2.30. The second-order valence-corrected chi connectivity index (χ2v) is 9.14. The maximum absolute atomic E-state index is 14.3. The number of nitrogens with zero attached hydrogens (tertiary/aromatic N) is 1. The molecule has 3 heterocycles. The van der Waals surface area contributed by atoms with Gasteiger partial charge in [-0.25, -0.2) is 8.78 Å². The van der Waals surface area contributed by atoms with E-state index in [2.05, 4.69) is 28.4 Å². The van der Waals surface area contributed by atoms with E-state index in [9.17, 15) is 8.78 Å². The third-order valence-corrected chi connectivity index (χ3v) is 7.40. The molecule has 5 heteroatoms.